The maximum absolute atomic E-state index is 8.75. The molecule has 0 radical (unpaired) electrons. The van der Waals surface area contributed by atoms with Crippen molar-refractivity contribution in [2.75, 3.05) is 5.52 Å². The molecule has 1 aromatic carbocycles. The molecule has 1 rings (SSSR count). The summed E-state index contributed by atoms with van der Waals surface area (Å²) < 4.78 is 5.09. The second kappa shape index (κ2) is 4.50. The van der Waals surface area contributed by atoms with Gasteiger partial charge in [-0.3, -0.25) is 0 Å². The summed E-state index contributed by atoms with van der Waals surface area (Å²) in [6, 6.07) is 6.55. The number of hydrogen-bond donors (Lipinski definition) is 2. The highest BCUT2D eigenvalue weighted by atomic mass is 79.9. The van der Waals surface area contributed by atoms with Crippen molar-refractivity contribution in [3.05, 3.63) is 24.3 Å². The van der Waals surface area contributed by atoms with Crippen LogP contribution < -0.4 is 10.2 Å². The Morgan fingerprint density at radius 3 is 2.25 bits per heavy atom. The number of alkyl halides is 1. The molecule has 0 saturated carbocycles. The predicted octanol–water partition coefficient (Wildman–Crippen LogP) is 0.0976. The number of ether oxygens (including phenoxy) is 1. The monoisotopic (exact) mass is 230 g/mol. The number of rotatable bonds is 3. The molecule has 0 saturated heterocycles. The quantitative estimate of drug-likeness (QED) is 0.572. The SMILES string of the molecule is OB(O)c1ccc(OCBr)cc1. The molecule has 12 heavy (non-hydrogen) atoms. The molecule has 0 heterocycles. The first-order chi connectivity index (χ1) is 5.74. The van der Waals surface area contributed by atoms with E-state index < -0.39 is 7.12 Å². The number of benzene rings is 1. The van der Waals surface area contributed by atoms with Crippen molar-refractivity contribution in [2.45, 2.75) is 0 Å². The van der Waals surface area contributed by atoms with E-state index in [9.17, 15) is 0 Å². The summed E-state index contributed by atoms with van der Waals surface area (Å²) in [6.07, 6.45) is 0. The van der Waals surface area contributed by atoms with E-state index in [0.29, 0.717) is 16.7 Å². The first kappa shape index (κ1) is 9.57. The summed E-state index contributed by atoms with van der Waals surface area (Å²) in [5.41, 5.74) is 0.880. The van der Waals surface area contributed by atoms with Gasteiger partial charge in [-0.1, -0.05) is 12.1 Å². The summed E-state index contributed by atoms with van der Waals surface area (Å²) >= 11 is 3.11. The van der Waals surface area contributed by atoms with E-state index in [-0.39, 0.29) is 0 Å². The van der Waals surface area contributed by atoms with Gasteiger partial charge in [-0.05, 0) is 33.5 Å². The van der Waals surface area contributed by atoms with Gasteiger partial charge in [0.25, 0.3) is 0 Å². The average molecular weight is 231 g/mol. The van der Waals surface area contributed by atoms with Crippen LogP contribution in [0.5, 0.6) is 5.75 Å². The van der Waals surface area contributed by atoms with E-state index in [1.807, 2.05) is 0 Å². The third-order valence-corrected chi connectivity index (χ3v) is 1.63. The maximum atomic E-state index is 8.75. The molecule has 0 aromatic heterocycles. The minimum Gasteiger partial charge on any atom is -0.482 e. The Labute approximate surface area is 79.3 Å². The zero-order valence-corrected chi connectivity index (χ0v) is 7.86. The Morgan fingerprint density at radius 2 is 1.83 bits per heavy atom. The van der Waals surface area contributed by atoms with Gasteiger partial charge in [0.2, 0.25) is 0 Å². The fourth-order valence-electron chi connectivity index (χ4n) is 0.799. The highest BCUT2D eigenvalue weighted by molar-refractivity contribution is 9.09. The molecular weight excluding hydrogens is 223 g/mol. The van der Waals surface area contributed by atoms with Gasteiger partial charge in [0.05, 0.1) is 0 Å². The lowest BCUT2D eigenvalue weighted by Crippen LogP contribution is -2.29. The fourth-order valence-corrected chi connectivity index (χ4v) is 1.06. The molecule has 0 aliphatic heterocycles. The van der Waals surface area contributed by atoms with Crippen molar-refractivity contribution >= 4 is 28.5 Å². The van der Waals surface area contributed by atoms with Gasteiger partial charge < -0.3 is 14.8 Å². The van der Waals surface area contributed by atoms with E-state index >= 15 is 0 Å². The minimum absolute atomic E-state index is 0.425. The van der Waals surface area contributed by atoms with Gasteiger partial charge in [-0.15, -0.1) is 0 Å². The van der Waals surface area contributed by atoms with Crippen LogP contribution in [0.1, 0.15) is 0 Å². The Balaban J connectivity index is 2.71. The van der Waals surface area contributed by atoms with Crippen molar-refractivity contribution in [2.24, 2.45) is 0 Å². The third-order valence-electron chi connectivity index (χ3n) is 1.40. The lowest BCUT2D eigenvalue weighted by molar-refractivity contribution is 0.398. The van der Waals surface area contributed by atoms with E-state index in [1.54, 1.807) is 24.3 Å². The molecule has 2 N–H and O–H groups in total. The van der Waals surface area contributed by atoms with Crippen LogP contribution in [0.3, 0.4) is 0 Å². The smallest absolute Gasteiger partial charge is 0.482 e. The first-order valence-corrected chi connectivity index (χ1v) is 4.51. The van der Waals surface area contributed by atoms with Crippen LogP contribution in [0.2, 0.25) is 0 Å². The molecule has 0 aliphatic carbocycles. The molecule has 3 nitrogen and oxygen atoms in total. The Hall–Kier alpha value is -0.515. The minimum atomic E-state index is -1.41. The normalized spacial score (nSPS) is 9.58. The highest BCUT2D eigenvalue weighted by Crippen LogP contribution is 2.08. The van der Waals surface area contributed by atoms with Crippen LogP contribution in [-0.2, 0) is 0 Å². The van der Waals surface area contributed by atoms with Crippen LogP contribution in [0.4, 0.5) is 0 Å². The molecule has 0 fully saturated rings. The number of halogens is 1. The van der Waals surface area contributed by atoms with Crippen molar-refractivity contribution in [3.8, 4) is 5.75 Å². The standard InChI is InChI=1S/C7H8BBrO3/c9-5-12-7-3-1-6(2-4-7)8(10)11/h1-4,10-11H,5H2. The van der Waals surface area contributed by atoms with Crippen molar-refractivity contribution < 1.29 is 14.8 Å². The molecule has 0 unspecified atom stereocenters. The summed E-state index contributed by atoms with van der Waals surface area (Å²) in [6.45, 7) is 0. The lowest BCUT2D eigenvalue weighted by atomic mass is 9.80. The summed E-state index contributed by atoms with van der Waals surface area (Å²) in [4.78, 5) is 0. The number of hydrogen-bond acceptors (Lipinski definition) is 3. The zero-order valence-electron chi connectivity index (χ0n) is 6.27. The second-order valence-corrected chi connectivity index (χ2v) is 2.65. The van der Waals surface area contributed by atoms with Gasteiger partial charge in [-0.2, -0.15) is 0 Å². The molecule has 5 heteroatoms. The van der Waals surface area contributed by atoms with Crippen molar-refractivity contribution in [3.63, 3.8) is 0 Å². The molecule has 0 amide bonds. The molecule has 0 spiro atoms. The van der Waals surface area contributed by atoms with Crippen molar-refractivity contribution in [1.29, 1.82) is 0 Å². The Kier molecular flexibility index (Phi) is 3.59. The average Bonchev–Trinajstić information content (AvgIpc) is 2.06. The maximum Gasteiger partial charge on any atom is 0.488 e. The molecule has 1 aromatic rings. The van der Waals surface area contributed by atoms with E-state index in [2.05, 4.69) is 15.9 Å². The van der Waals surface area contributed by atoms with E-state index in [1.165, 1.54) is 0 Å². The van der Waals surface area contributed by atoms with E-state index in [0.717, 1.165) is 0 Å². The Bertz CT molecular complexity index is 237. The van der Waals surface area contributed by atoms with Crippen LogP contribution in [-0.4, -0.2) is 22.7 Å². The highest BCUT2D eigenvalue weighted by Gasteiger charge is 2.09. The van der Waals surface area contributed by atoms with Gasteiger partial charge in [0.1, 0.15) is 11.3 Å². The first-order valence-electron chi connectivity index (χ1n) is 3.39. The van der Waals surface area contributed by atoms with Gasteiger partial charge in [-0.25, -0.2) is 0 Å². The van der Waals surface area contributed by atoms with Crippen molar-refractivity contribution in [1.82, 2.24) is 0 Å². The summed E-state index contributed by atoms with van der Waals surface area (Å²) in [5.74, 6) is 0.691. The van der Waals surface area contributed by atoms with Crippen LogP contribution in [0.25, 0.3) is 0 Å². The molecule has 0 aliphatic rings. The Morgan fingerprint density at radius 1 is 1.25 bits per heavy atom. The van der Waals surface area contributed by atoms with Gasteiger partial charge >= 0.3 is 7.12 Å². The molecule has 64 valence electrons. The predicted molar refractivity (Wildman–Crippen MR) is 50.7 cm³/mol. The molecular formula is C7H8BBrO3. The zero-order chi connectivity index (χ0) is 8.97. The second-order valence-electron chi connectivity index (χ2n) is 2.20. The molecule has 0 atom stereocenters. The summed E-state index contributed by atoms with van der Waals surface area (Å²) in [7, 11) is -1.41. The van der Waals surface area contributed by atoms with Crippen LogP contribution in [0.15, 0.2) is 24.3 Å². The molecule has 0 bridgehead atoms. The van der Waals surface area contributed by atoms with Crippen LogP contribution in [0, 0.1) is 0 Å². The topological polar surface area (TPSA) is 49.7 Å². The largest absolute Gasteiger partial charge is 0.488 e. The van der Waals surface area contributed by atoms with Gasteiger partial charge in [0.15, 0.2) is 0 Å². The lowest BCUT2D eigenvalue weighted by Gasteiger charge is -2.02. The fraction of sp³-hybridized carbons (Fsp3) is 0.143. The van der Waals surface area contributed by atoms with E-state index in [4.69, 9.17) is 14.8 Å². The summed E-state index contributed by atoms with van der Waals surface area (Å²) in [5, 5.41) is 17.5. The third kappa shape index (κ3) is 2.51. The van der Waals surface area contributed by atoms with Crippen LogP contribution >= 0.6 is 15.9 Å². The van der Waals surface area contributed by atoms with Gasteiger partial charge in [0, 0.05) is 0 Å².